The lowest BCUT2D eigenvalue weighted by atomic mass is 10.1. The summed E-state index contributed by atoms with van der Waals surface area (Å²) >= 11 is 0. The highest BCUT2D eigenvalue weighted by molar-refractivity contribution is 6.09. The number of benzene rings is 1. The van der Waals surface area contributed by atoms with Crippen molar-refractivity contribution in [2.45, 2.75) is 13.8 Å². The van der Waals surface area contributed by atoms with Gasteiger partial charge in [0.25, 0.3) is 5.91 Å². The smallest absolute Gasteiger partial charge is 0.258 e. The van der Waals surface area contributed by atoms with Crippen LogP contribution in [0.15, 0.2) is 42.6 Å². The average Bonchev–Trinajstić information content (AvgIpc) is 2.38. The zero-order valence-corrected chi connectivity index (χ0v) is 11.3. The van der Waals surface area contributed by atoms with E-state index in [0.29, 0.717) is 17.1 Å². The summed E-state index contributed by atoms with van der Waals surface area (Å²) in [5, 5.41) is 5.34. The minimum Gasteiger partial charge on any atom is -0.326 e. The second-order valence-corrected chi connectivity index (χ2v) is 4.40. The maximum Gasteiger partial charge on any atom is 0.258 e. The normalized spacial score (nSPS) is 9.90. The quantitative estimate of drug-likeness (QED) is 0.899. The first-order valence-electron chi connectivity index (χ1n) is 6.17. The highest BCUT2D eigenvalue weighted by Gasteiger charge is 2.12. The molecule has 2 amide bonds. The molecule has 0 aliphatic carbocycles. The van der Waals surface area contributed by atoms with Crippen LogP contribution in [0.3, 0.4) is 0 Å². The number of para-hydroxylation sites is 1. The van der Waals surface area contributed by atoms with E-state index in [1.165, 1.54) is 6.92 Å². The first-order chi connectivity index (χ1) is 9.56. The van der Waals surface area contributed by atoms with Gasteiger partial charge in [0.05, 0.1) is 11.3 Å². The van der Waals surface area contributed by atoms with Crippen molar-refractivity contribution in [3.63, 3.8) is 0 Å². The van der Waals surface area contributed by atoms with Gasteiger partial charge in [-0.3, -0.25) is 9.59 Å². The highest BCUT2D eigenvalue weighted by Crippen LogP contribution is 2.17. The maximum atomic E-state index is 12.2. The molecule has 1 aromatic carbocycles. The molecule has 0 unspecified atom stereocenters. The Kier molecular flexibility index (Phi) is 4.10. The summed E-state index contributed by atoms with van der Waals surface area (Å²) < 4.78 is 0. The maximum absolute atomic E-state index is 12.2. The molecular formula is C15H15N3O2. The van der Waals surface area contributed by atoms with Crippen molar-refractivity contribution in [3.8, 4) is 0 Å². The lowest BCUT2D eigenvalue weighted by Crippen LogP contribution is -2.17. The van der Waals surface area contributed by atoms with E-state index in [2.05, 4.69) is 15.6 Å². The van der Waals surface area contributed by atoms with Gasteiger partial charge in [-0.1, -0.05) is 12.1 Å². The van der Waals surface area contributed by atoms with Gasteiger partial charge in [0.15, 0.2) is 0 Å². The Balaban J connectivity index is 2.23. The van der Waals surface area contributed by atoms with Crippen LogP contribution in [0.2, 0.25) is 0 Å². The van der Waals surface area contributed by atoms with Gasteiger partial charge < -0.3 is 10.6 Å². The number of aryl methyl sites for hydroxylation is 1. The van der Waals surface area contributed by atoms with Gasteiger partial charge in [-0.15, -0.1) is 0 Å². The SMILES string of the molecule is CC(=O)Nc1ccccc1C(=O)Nc1cc(C)ccn1. The number of rotatable bonds is 3. The molecule has 0 aliphatic heterocycles. The van der Waals surface area contributed by atoms with Crippen molar-refractivity contribution in [3.05, 3.63) is 53.7 Å². The molecule has 0 saturated carbocycles. The predicted molar refractivity (Wildman–Crippen MR) is 77.7 cm³/mol. The number of nitrogens with one attached hydrogen (secondary N) is 2. The van der Waals surface area contributed by atoms with Crippen LogP contribution in [-0.4, -0.2) is 16.8 Å². The molecular weight excluding hydrogens is 254 g/mol. The van der Waals surface area contributed by atoms with Crippen LogP contribution in [0.25, 0.3) is 0 Å². The standard InChI is InChI=1S/C15H15N3O2/c1-10-7-8-16-14(9-10)18-15(20)12-5-3-4-6-13(12)17-11(2)19/h3-9H,1-2H3,(H,17,19)(H,16,18,20). The molecule has 2 rings (SSSR count). The van der Waals surface area contributed by atoms with Crippen LogP contribution in [0.4, 0.5) is 11.5 Å². The molecule has 0 saturated heterocycles. The zero-order chi connectivity index (χ0) is 14.5. The molecule has 2 N–H and O–H groups in total. The number of amides is 2. The van der Waals surface area contributed by atoms with Crippen molar-refractivity contribution in [2.24, 2.45) is 0 Å². The van der Waals surface area contributed by atoms with Crippen LogP contribution in [0.5, 0.6) is 0 Å². The molecule has 0 aliphatic rings. The van der Waals surface area contributed by atoms with Gasteiger partial charge in [-0.2, -0.15) is 0 Å². The number of carbonyl (C=O) groups is 2. The minimum atomic E-state index is -0.313. The Bertz CT molecular complexity index is 653. The Hall–Kier alpha value is -2.69. The Morgan fingerprint density at radius 3 is 2.55 bits per heavy atom. The van der Waals surface area contributed by atoms with Crippen LogP contribution in [-0.2, 0) is 4.79 Å². The molecule has 0 bridgehead atoms. The van der Waals surface area contributed by atoms with Gasteiger partial charge in [0, 0.05) is 13.1 Å². The fourth-order valence-electron chi connectivity index (χ4n) is 1.77. The molecule has 20 heavy (non-hydrogen) atoms. The Labute approximate surface area is 117 Å². The number of carbonyl (C=O) groups excluding carboxylic acids is 2. The third-order valence-corrected chi connectivity index (χ3v) is 2.64. The molecule has 2 aromatic rings. The van der Waals surface area contributed by atoms with E-state index < -0.39 is 0 Å². The molecule has 102 valence electrons. The number of hydrogen-bond donors (Lipinski definition) is 2. The molecule has 5 heteroatoms. The van der Waals surface area contributed by atoms with Crippen molar-refractivity contribution in [1.29, 1.82) is 0 Å². The third-order valence-electron chi connectivity index (χ3n) is 2.64. The summed E-state index contributed by atoms with van der Waals surface area (Å²) in [7, 11) is 0. The van der Waals surface area contributed by atoms with E-state index in [4.69, 9.17) is 0 Å². The number of hydrogen-bond acceptors (Lipinski definition) is 3. The van der Waals surface area contributed by atoms with Crippen LogP contribution < -0.4 is 10.6 Å². The fourth-order valence-corrected chi connectivity index (χ4v) is 1.77. The van der Waals surface area contributed by atoms with E-state index in [1.54, 1.807) is 36.5 Å². The van der Waals surface area contributed by atoms with E-state index in [-0.39, 0.29) is 11.8 Å². The summed E-state index contributed by atoms with van der Waals surface area (Å²) in [6.45, 7) is 3.32. The van der Waals surface area contributed by atoms with Gasteiger partial charge in [0.1, 0.15) is 5.82 Å². The fraction of sp³-hybridized carbons (Fsp3) is 0.133. The van der Waals surface area contributed by atoms with Gasteiger partial charge in [-0.25, -0.2) is 4.98 Å². The summed E-state index contributed by atoms with van der Waals surface area (Å²) in [4.78, 5) is 27.4. The minimum absolute atomic E-state index is 0.223. The zero-order valence-electron chi connectivity index (χ0n) is 11.3. The molecule has 1 aromatic heterocycles. The van der Waals surface area contributed by atoms with Crippen LogP contribution >= 0.6 is 0 Å². The molecule has 0 fully saturated rings. The van der Waals surface area contributed by atoms with Crippen LogP contribution in [0, 0.1) is 6.92 Å². The van der Waals surface area contributed by atoms with E-state index in [9.17, 15) is 9.59 Å². The Morgan fingerprint density at radius 2 is 1.85 bits per heavy atom. The van der Waals surface area contributed by atoms with Crippen molar-refractivity contribution >= 4 is 23.3 Å². The molecule has 5 nitrogen and oxygen atoms in total. The third kappa shape index (κ3) is 3.41. The first kappa shape index (κ1) is 13.7. The molecule has 0 radical (unpaired) electrons. The first-order valence-corrected chi connectivity index (χ1v) is 6.17. The number of anilines is 2. The molecule has 0 atom stereocenters. The van der Waals surface area contributed by atoms with Crippen molar-refractivity contribution in [1.82, 2.24) is 4.98 Å². The van der Waals surface area contributed by atoms with Crippen molar-refractivity contribution < 1.29 is 9.59 Å². The van der Waals surface area contributed by atoms with E-state index in [1.807, 2.05) is 13.0 Å². The summed E-state index contributed by atoms with van der Waals surface area (Å²) in [6.07, 6.45) is 1.63. The second-order valence-electron chi connectivity index (χ2n) is 4.40. The lowest BCUT2D eigenvalue weighted by Gasteiger charge is -2.10. The van der Waals surface area contributed by atoms with Crippen molar-refractivity contribution in [2.75, 3.05) is 10.6 Å². The number of pyridine rings is 1. The lowest BCUT2D eigenvalue weighted by molar-refractivity contribution is -0.114. The molecule has 0 spiro atoms. The summed E-state index contributed by atoms with van der Waals surface area (Å²) in [5.74, 6) is -0.0565. The van der Waals surface area contributed by atoms with E-state index >= 15 is 0 Å². The Morgan fingerprint density at radius 1 is 1.10 bits per heavy atom. The van der Waals surface area contributed by atoms with Gasteiger partial charge >= 0.3 is 0 Å². The monoisotopic (exact) mass is 269 g/mol. The predicted octanol–water partition coefficient (Wildman–Crippen LogP) is 2.60. The van der Waals surface area contributed by atoms with E-state index in [0.717, 1.165) is 5.56 Å². The second kappa shape index (κ2) is 5.97. The average molecular weight is 269 g/mol. The summed E-state index contributed by atoms with van der Waals surface area (Å²) in [6, 6.07) is 10.5. The highest BCUT2D eigenvalue weighted by atomic mass is 16.2. The topological polar surface area (TPSA) is 71.1 Å². The number of aromatic nitrogens is 1. The number of nitrogens with zero attached hydrogens (tertiary/aromatic N) is 1. The van der Waals surface area contributed by atoms with Gasteiger partial charge in [0.2, 0.25) is 5.91 Å². The largest absolute Gasteiger partial charge is 0.326 e. The summed E-state index contributed by atoms with van der Waals surface area (Å²) in [5.41, 5.74) is 1.88. The van der Waals surface area contributed by atoms with Crippen LogP contribution in [0.1, 0.15) is 22.8 Å². The molecule has 1 heterocycles. The van der Waals surface area contributed by atoms with Gasteiger partial charge in [-0.05, 0) is 36.8 Å².